The van der Waals surface area contributed by atoms with E-state index in [-0.39, 0.29) is 12.6 Å². The molecule has 0 unspecified atom stereocenters. The summed E-state index contributed by atoms with van der Waals surface area (Å²) < 4.78 is 15.0. The fourth-order valence-corrected chi connectivity index (χ4v) is 1.41. The zero-order valence-corrected chi connectivity index (χ0v) is 10.6. The largest absolute Gasteiger partial charge is 0.460 e. The first kappa shape index (κ1) is 14.0. The third-order valence-electron chi connectivity index (χ3n) is 2.02. The maximum absolute atomic E-state index is 11.6. The van der Waals surface area contributed by atoms with Crippen LogP contribution in [0, 0.1) is 0 Å². The van der Waals surface area contributed by atoms with Crippen molar-refractivity contribution < 1.29 is 19.0 Å². The number of methoxy groups -OCH3 is 1. The van der Waals surface area contributed by atoms with Gasteiger partial charge in [-0.15, -0.1) is 12.6 Å². The molecule has 0 radical (unpaired) electrons. The molecule has 1 aromatic rings. The Balaban J connectivity index is 2.24. The lowest BCUT2D eigenvalue weighted by molar-refractivity contribution is 0.0211. The molecule has 0 aliphatic heterocycles. The molecule has 0 heterocycles. The van der Waals surface area contributed by atoms with Crippen LogP contribution in [0.25, 0.3) is 0 Å². The van der Waals surface area contributed by atoms with Crippen LogP contribution in [0.1, 0.15) is 10.4 Å². The number of rotatable bonds is 7. The molecule has 0 aliphatic rings. The summed E-state index contributed by atoms with van der Waals surface area (Å²) in [7, 11) is 1.60. The van der Waals surface area contributed by atoms with Crippen LogP contribution in [0.2, 0.25) is 0 Å². The van der Waals surface area contributed by atoms with Crippen molar-refractivity contribution in [1.82, 2.24) is 0 Å². The second-order valence-corrected chi connectivity index (χ2v) is 3.74. The molecule has 0 saturated heterocycles. The normalized spacial score (nSPS) is 10.2. The van der Waals surface area contributed by atoms with Crippen LogP contribution < -0.4 is 0 Å². The zero-order chi connectivity index (χ0) is 12.5. The van der Waals surface area contributed by atoms with Crippen molar-refractivity contribution >= 4 is 18.6 Å². The van der Waals surface area contributed by atoms with Gasteiger partial charge in [-0.05, 0) is 12.1 Å². The molecule has 0 atom stereocenters. The molecule has 17 heavy (non-hydrogen) atoms. The van der Waals surface area contributed by atoms with Crippen LogP contribution in [0.5, 0.6) is 0 Å². The Morgan fingerprint density at radius 1 is 1.18 bits per heavy atom. The Labute approximate surface area is 106 Å². The van der Waals surface area contributed by atoms with E-state index in [0.29, 0.717) is 30.3 Å². The van der Waals surface area contributed by atoms with Crippen LogP contribution in [-0.4, -0.2) is 39.5 Å². The van der Waals surface area contributed by atoms with Crippen LogP contribution in [0.15, 0.2) is 29.2 Å². The first-order chi connectivity index (χ1) is 8.25. The van der Waals surface area contributed by atoms with Gasteiger partial charge < -0.3 is 14.2 Å². The molecular weight excluding hydrogens is 240 g/mol. The van der Waals surface area contributed by atoms with Gasteiger partial charge in [-0.2, -0.15) is 0 Å². The number of hydrogen-bond donors (Lipinski definition) is 1. The highest BCUT2D eigenvalue weighted by Crippen LogP contribution is 2.13. The van der Waals surface area contributed by atoms with Crippen molar-refractivity contribution in [2.24, 2.45) is 0 Å². The summed E-state index contributed by atoms with van der Waals surface area (Å²) in [6, 6.07) is 7.00. The van der Waals surface area contributed by atoms with E-state index in [1.54, 1.807) is 25.3 Å². The van der Waals surface area contributed by atoms with Crippen LogP contribution in [0.4, 0.5) is 0 Å². The fourth-order valence-electron chi connectivity index (χ4n) is 1.16. The first-order valence-corrected chi connectivity index (χ1v) is 5.72. The summed E-state index contributed by atoms with van der Waals surface area (Å²) >= 11 is 4.18. The van der Waals surface area contributed by atoms with Gasteiger partial charge in [0.2, 0.25) is 0 Å². The molecule has 0 N–H and O–H groups in total. The van der Waals surface area contributed by atoms with Gasteiger partial charge >= 0.3 is 5.97 Å². The van der Waals surface area contributed by atoms with Crippen molar-refractivity contribution in [2.75, 3.05) is 33.5 Å². The van der Waals surface area contributed by atoms with Crippen molar-refractivity contribution in [3.8, 4) is 0 Å². The van der Waals surface area contributed by atoms with Gasteiger partial charge in [0.15, 0.2) is 0 Å². The van der Waals surface area contributed by atoms with Gasteiger partial charge in [0.1, 0.15) is 6.61 Å². The summed E-state index contributed by atoms with van der Waals surface area (Å²) in [5.74, 6) is -0.383. The summed E-state index contributed by atoms with van der Waals surface area (Å²) in [6.07, 6.45) is 0. The molecule has 0 aromatic heterocycles. The number of benzene rings is 1. The van der Waals surface area contributed by atoms with E-state index in [2.05, 4.69) is 12.6 Å². The van der Waals surface area contributed by atoms with E-state index in [0.717, 1.165) is 0 Å². The molecule has 1 aromatic carbocycles. The Kier molecular flexibility index (Phi) is 6.69. The van der Waals surface area contributed by atoms with Gasteiger partial charge in [-0.3, -0.25) is 0 Å². The first-order valence-electron chi connectivity index (χ1n) is 5.27. The minimum Gasteiger partial charge on any atom is -0.460 e. The maximum Gasteiger partial charge on any atom is 0.339 e. The lowest BCUT2D eigenvalue weighted by Gasteiger charge is -2.07. The molecule has 0 saturated carbocycles. The molecule has 94 valence electrons. The maximum atomic E-state index is 11.6. The molecule has 0 amide bonds. The monoisotopic (exact) mass is 256 g/mol. The Morgan fingerprint density at radius 2 is 1.88 bits per heavy atom. The minimum absolute atomic E-state index is 0.227. The third kappa shape index (κ3) is 5.21. The highest BCUT2D eigenvalue weighted by atomic mass is 32.1. The average molecular weight is 256 g/mol. The van der Waals surface area contributed by atoms with E-state index >= 15 is 0 Å². The zero-order valence-electron chi connectivity index (χ0n) is 9.72. The van der Waals surface area contributed by atoms with Crippen molar-refractivity contribution in [2.45, 2.75) is 4.90 Å². The van der Waals surface area contributed by atoms with Crippen LogP contribution in [-0.2, 0) is 14.2 Å². The molecule has 0 spiro atoms. The third-order valence-corrected chi connectivity index (χ3v) is 2.41. The topological polar surface area (TPSA) is 44.8 Å². The predicted molar refractivity (Wildman–Crippen MR) is 66.7 cm³/mol. The summed E-state index contributed by atoms with van der Waals surface area (Å²) in [5, 5.41) is 0. The number of carbonyl (C=O) groups is 1. The molecule has 0 fully saturated rings. The van der Waals surface area contributed by atoms with E-state index in [1.165, 1.54) is 0 Å². The molecule has 0 bridgehead atoms. The van der Waals surface area contributed by atoms with Gasteiger partial charge in [0.25, 0.3) is 0 Å². The lowest BCUT2D eigenvalue weighted by atomic mass is 10.2. The van der Waals surface area contributed by atoms with Gasteiger partial charge in [-0.25, -0.2) is 4.79 Å². The van der Waals surface area contributed by atoms with Crippen molar-refractivity contribution in [3.05, 3.63) is 29.8 Å². The molecule has 4 nitrogen and oxygen atoms in total. The van der Waals surface area contributed by atoms with Crippen LogP contribution in [0.3, 0.4) is 0 Å². The Morgan fingerprint density at radius 3 is 2.59 bits per heavy atom. The van der Waals surface area contributed by atoms with E-state index in [9.17, 15) is 4.79 Å². The highest BCUT2D eigenvalue weighted by Gasteiger charge is 2.09. The SMILES string of the molecule is COCCOCCOC(=O)c1ccccc1S. The van der Waals surface area contributed by atoms with Gasteiger partial charge in [0, 0.05) is 12.0 Å². The molecule has 5 heteroatoms. The lowest BCUT2D eigenvalue weighted by Crippen LogP contribution is -2.13. The predicted octanol–water partition coefficient (Wildman–Crippen LogP) is 1.80. The van der Waals surface area contributed by atoms with Gasteiger partial charge in [0.05, 0.1) is 25.4 Å². The Bertz CT molecular complexity index is 354. The van der Waals surface area contributed by atoms with E-state index in [1.807, 2.05) is 6.07 Å². The highest BCUT2D eigenvalue weighted by molar-refractivity contribution is 7.80. The number of ether oxygens (including phenoxy) is 3. The fraction of sp³-hybridized carbons (Fsp3) is 0.417. The van der Waals surface area contributed by atoms with Crippen molar-refractivity contribution in [1.29, 1.82) is 0 Å². The quantitative estimate of drug-likeness (QED) is 0.459. The molecular formula is C12H16O4S. The van der Waals surface area contributed by atoms with Crippen LogP contribution >= 0.6 is 12.6 Å². The number of thiol groups is 1. The minimum atomic E-state index is -0.383. The van der Waals surface area contributed by atoms with E-state index < -0.39 is 0 Å². The second kappa shape index (κ2) is 8.11. The standard InChI is InChI=1S/C12H16O4S/c1-14-6-7-15-8-9-16-12(13)10-4-2-3-5-11(10)17/h2-5,17H,6-9H2,1H3. The molecule has 0 aliphatic carbocycles. The van der Waals surface area contributed by atoms with Gasteiger partial charge in [-0.1, -0.05) is 12.1 Å². The summed E-state index contributed by atoms with van der Waals surface area (Å²) in [4.78, 5) is 12.2. The second-order valence-electron chi connectivity index (χ2n) is 3.26. The average Bonchev–Trinajstić information content (AvgIpc) is 2.34. The summed E-state index contributed by atoms with van der Waals surface area (Å²) in [6.45, 7) is 1.62. The summed E-state index contributed by atoms with van der Waals surface area (Å²) in [5.41, 5.74) is 0.465. The smallest absolute Gasteiger partial charge is 0.339 e. The number of hydrogen-bond acceptors (Lipinski definition) is 5. The molecule has 1 rings (SSSR count). The van der Waals surface area contributed by atoms with E-state index in [4.69, 9.17) is 14.2 Å². The number of esters is 1. The number of carbonyl (C=O) groups excluding carboxylic acids is 1. The Hall–Kier alpha value is -1.04. The van der Waals surface area contributed by atoms with Crippen molar-refractivity contribution in [3.63, 3.8) is 0 Å².